The van der Waals surface area contributed by atoms with Gasteiger partial charge in [0.15, 0.2) is 0 Å². The molecule has 0 amide bonds. The van der Waals surface area contributed by atoms with Gasteiger partial charge in [-0.3, -0.25) is 0 Å². The van der Waals surface area contributed by atoms with Crippen molar-refractivity contribution in [2.24, 2.45) is 0 Å². The Morgan fingerprint density at radius 3 is 2.50 bits per heavy atom. The van der Waals surface area contributed by atoms with Gasteiger partial charge in [0.2, 0.25) is 0 Å². The van der Waals surface area contributed by atoms with E-state index < -0.39 is 0 Å². The second kappa shape index (κ2) is 5.17. The second-order valence-corrected chi connectivity index (χ2v) is 4.14. The van der Waals surface area contributed by atoms with E-state index in [2.05, 4.69) is 31.3 Å². The molecule has 2 nitrogen and oxygen atoms in total. The molecule has 78 valence electrons. The maximum Gasteiger partial charge on any atom is 0.146 e. The van der Waals surface area contributed by atoms with Gasteiger partial charge < -0.3 is 9.74 Å². The van der Waals surface area contributed by atoms with E-state index in [0.717, 1.165) is 29.1 Å². The van der Waals surface area contributed by atoms with Crippen molar-refractivity contribution < 1.29 is 4.43 Å². The minimum atomic E-state index is -0.0118. The highest BCUT2D eigenvalue weighted by Crippen LogP contribution is 2.15. The molecule has 0 aliphatic rings. The van der Waals surface area contributed by atoms with Crippen molar-refractivity contribution in [1.29, 1.82) is 0 Å². The van der Waals surface area contributed by atoms with Gasteiger partial charge in [-0.1, -0.05) is 25.1 Å². The smallest absolute Gasteiger partial charge is 0.146 e. The van der Waals surface area contributed by atoms with Crippen molar-refractivity contribution in [1.82, 2.24) is 0 Å². The van der Waals surface area contributed by atoms with E-state index in [1.54, 1.807) is 0 Å². The Kier molecular flexibility index (Phi) is 4.16. The van der Waals surface area contributed by atoms with E-state index in [4.69, 9.17) is 4.43 Å². The van der Waals surface area contributed by atoms with E-state index in [9.17, 15) is 0 Å². The lowest BCUT2D eigenvalue weighted by Gasteiger charge is -2.28. The maximum absolute atomic E-state index is 5.59. The van der Waals surface area contributed by atoms with Crippen LogP contribution in [0.4, 0.5) is 5.69 Å². The van der Waals surface area contributed by atoms with Gasteiger partial charge in [0, 0.05) is 12.2 Å². The zero-order chi connectivity index (χ0) is 10.4. The zero-order valence-electron chi connectivity index (χ0n) is 9.21. The molecule has 0 saturated carbocycles. The third-order valence-corrected chi connectivity index (χ3v) is 3.67. The molecule has 0 bridgehead atoms. The van der Waals surface area contributed by atoms with E-state index in [1.165, 1.54) is 0 Å². The van der Waals surface area contributed by atoms with Gasteiger partial charge in [-0.2, -0.15) is 0 Å². The summed E-state index contributed by atoms with van der Waals surface area (Å²) in [7, 11) is 0.793. The predicted octanol–water partition coefficient (Wildman–Crippen LogP) is 1.56. The van der Waals surface area contributed by atoms with Crippen LogP contribution < -0.4 is 5.32 Å². The molecule has 0 saturated heterocycles. The fraction of sp³-hybridized carbons (Fsp3) is 0.455. The summed E-state index contributed by atoms with van der Waals surface area (Å²) in [5.41, 5.74) is 1.15. The number of hydrogen-bond donors (Lipinski definition) is 1. The Bertz CT molecular complexity index is 259. The summed E-state index contributed by atoms with van der Waals surface area (Å²) >= 11 is 0. The Balaban J connectivity index is 2.48. The summed E-state index contributed by atoms with van der Waals surface area (Å²) in [4.78, 5) is 0. The zero-order valence-corrected chi connectivity index (χ0v) is 11.2. The minimum Gasteiger partial charge on any atom is -0.421 e. The largest absolute Gasteiger partial charge is 0.421 e. The van der Waals surface area contributed by atoms with Crippen LogP contribution in [0.5, 0.6) is 0 Å². The van der Waals surface area contributed by atoms with Gasteiger partial charge in [-0.15, -0.1) is 0 Å². The molecule has 0 radical (unpaired) electrons. The first-order valence-corrected chi connectivity index (χ1v) is 5.86. The molecule has 1 atom stereocenters. The summed E-state index contributed by atoms with van der Waals surface area (Å²) in [6.45, 7) is 5.18. The lowest BCUT2D eigenvalue weighted by Crippen LogP contribution is -2.35. The van der Waals surface area contributed by atoms with Crippen LogP contribution >= 0.6 is 0 Å². The average molecular weight is 209 g/mol. The molecule has 1 aromatic rings. The van der Waals surface area contributed by atoms with Crippen molar-refractivity contribution in [3.63, 3.8) is 0 Å². The first-order chi connectivity index (χ1) is 6.70. The van der Waals surface area contributed by atoms with Crippen LogP contribution in [0.3, 0.4) is 0 Å². The third-order valence-electron chi connectivity index (χ3n) is 2.68. The number of benzene rings is 1. The van der Waals surface area contributed by atoms with E-state index in [0.29, 0.717) is 0 Å². The first kappa shape index (κ1) is 11.3. The lowest BCUT2D eigenvalue weighted by atomic mass is 10.0. The number of nitrogens with one attached hydrogen (secondary N) is 1. The third kappa shape index (κ3) is 3.16. The van der Waals surface area contributed by atoms with Crippen LogP contribution in [-0.2, 0) is 4.43 Å². The Hall–Kier alpha value is -0.803. The van der Waals surface area contributed by atoms with Crippen LogP contribution in [-0.4, -0.2) is 22.6 Å². The van der Waals surface area contributed by atoms with Gasteiger partial charge in [-0.25, -0.2) is 0 Å². The molecule has 0 aliphatic carbocycles. The van der Waals surface area contributed by atoms with Crippen LogP contribution in [0, 0.1) is 0 Å². The Labute approximate surface area is 89.2 Å². The number of rotatable bonds is 5. The fourth-order valence-corrected chi connectivity index (χ4v) is 1.62. The first-order valence-electron chi connectivity index (χ1n) is 5.04. The predicted molar refractivity (Wildman–Crippen MR) is 64.7 cm³/mol. The van der Waals surface area contributed by atoms with Crippen molar-refractivity contribution in [3.8, 4) is 0 Å². The quantitative estimate of drug-likeness (QED) is 0.743. The van der Waals surface area contributed by atoms with Crippen LogP contribution in [0.25, 0.3) is 0 Å². The van der Waals surface area contributed by atoms with Crippen LogP contribution in [0.15, 0.2) is 30.3 Å². The van der Waals surface area contributed by atoms with Crippen LogP contribution in [0.1, 0.15) is 20.3 Å². The summed E-state index contributed by atoms with van der Waals surface area (Å²) in [5, 5.41) is 3.38. The molecule has 0 fully saturated rings. The highest BCUT2D eigenvalue weighted by molar-refractivity contribution is 5.98. The van der Waals surface area contributed by atoms with E-state index in [1.807, 2.05) is 18.2 Å². The van der Waals surface area contributed by atoms with Gasteiger partial charge >= 0.3 is 0 Å². The monoisotopic (exact) mass is 209 g/mol. The second-order valence-electron chi connectivity index (χ2n) is 3.73. The summed E-state index contributed by atoms with van der Waals surface area (Å²) < 4.78 is 5.59. The molecule has 0 spiro atoms. The molecule has 1 unspecified atom stereocenters. The van der Waals surface area contributed by atoms with Gasteiger partial charge in [0.25, 0.3) is 0 Å². The van der Waals surface area contributed by atoms with E-state index in [-0.39, 0.29) is 5.60 Å². The van der Waals surface area contributed by atoms with Crippen molar-refractivity contribution in [3.05, 3.63) is 30.3 Å². The average Bonchev–Trinajstić information content (AvgIpc) is 2.27. The molecule has 0 heterocycles. The molecule has 0 aromatic heterocycles. The number of hydrogen-bond acceptors (Lipinski definition) is 2. The van der Waals surface area contributed by atoms with Gasteiger partial charge in [-0.05, 0) is 25.5 Å². The van der Waals surface area contributed by atoms with Crippen molar-refractivity contribution >= 4 is 16.2 Å². The molecular formula is C11H19NOSi. The SMILES string of the molecule is CCC(C)(CNc1ccccc1)O[SiH3]. The molecule has 1 aromatic carbocycles. The van der Waals surface area contributed by atoms with Gasteiger partial charge in [0.05, 0.1) is 5.60 Å². The molecular weight excluding hydrogens is 190 g/mol. The number of anilines is 1. The van der Waals surface area contributed by atoms with Crippen LogP contribution in [0.2, 0.25) is 0 Å². The minimum absolute atomic E-state index is 0.0118. The molecule has 1 rings (SSSR count). The van der Waals surface area contributed by atoms with Crippen molar-refractivity contribution in [2.45, 2.75) is 25.9 Å². The Morgan fingerprint density at radius 1 is 1.36 bits per heavy atom. The molecule has 1 N–H and O–H groups in total. The fourth-order valence-electron chi connectivity index (χ4n) is 1.19. The van der Waals surface area contributed by atoms with Crippen molar-refractivity contribution in [2.75, 3.05) is 11.9 Å². The summed E-state index contributed by atoms with van der Waals surface area (Å²) in [6, 6.07) is 10.2. The summed E-state index contributed by atoms with van der Waals surface area (Å²) in [5.74, 6) is 0. The number of para-hydroxylation sites is 1. The molecule has 3 heteroatoms. The van der Waals surface area contributed by atoms with E-state index >= 15 is 0 Å². The van der Waals surface area contributed by atoms with Gasteiger partial charge in [0.1, 0.15) is 10.5 Å². The molecule has 0 aliphatic heterocycles. The normalized spacial score (nSPS) is 15.0. The maximum atomic E-state index is 5.59. The highest BCUT2D eigenvalue weighted by atomic mass is 28.2. The topological polar surface area (TPSA) is 21.3 Å². The molecule has 14 heavy (non-hydrogen) atoms. The lowest BCUT2D eigenvalue weighted by molar-refractivity contribution is 0.111. The standard InChI is InChI=1S/C11H19NOSi/c1-3-11(2,13-14)9-12-10-7-5-4-6-8-10/h4-8,12H,3,9H2,1-2,14H3. The highest BCUT2D eigenvalue weighted by Gasteiger charge is 2.19. The Morgan fingerprint density at radius 2 is 2.00 bits per heavy atom. The summed E-state index contributed by atoms with van der Waals surface area (Å²) in [6.07, 6.45) is 1.04.